The lowest BCUT2D eigenvalue weighted by atomic mass is 9.92. The van der Waals surface area contributed by atoms with Crippen LogP contribution in [0.15, 0.2) is 42.5 Å². The van der Waals surface area contributed by atoms with Gasteiger partial charge in [0.1, 0.15) is 0 Å². The zero-order valence-electron chi connectivity index (χ0n) is 9.87. The van der Waals surface area contributed by atoms with Crippen LogP contribution in [-0.2, 0) is 0 Å². The SMILES string of the molecule is O=Cc1ccccc1-c1c(C=O)cccc1C(=O)O. The number of benzene rings is 2. The van der Waals surface area contributed by atoms with Gasteiger partial charge in [-0.1, -0.05) is 36.4 Å². The highest BCUT2D eigenvalue weighted by Gasteiger charge is 2.17. The van der Waals surface area contributed by atoms with Crippen molar-refractivity contribution in [2.75, 3.05) is 0 Å². The first-order valence-electron chi connectivity index (χ1n) is 5.55. The second-order valence-corrected chi connectivity index (χ2v) is 3.90. The fraction of sp³-hybridized carbons (Fsp3) is 0. The number of carbonyl (C=O) groups excluding carboxylic acids is 2. The highest BCUT2D eigenvalue weighted by molar-refractivity contribution is 6.04. The average molecular weight is 254 g/mol. The fourth-order valence-electron chi connectivity index (χ4n) is 1.97. The normalized spacial score (nSPS) is 9.89. The van der Waals surface area contributed by atoms with Crippen LogP contribution in [0.3, 0.4) is 0 Å². The molecular weight excluding hydrogens is 244 g/mol. The number of carbonyl (C=O) groups is 3. The van der Waals surface area contributed by atoms with E-state index < -0.39 is 5.97 Å². The standard InChI is InChI=1S/C15H10O4/c16-8-10-4-1-2-6-12(10)14-11(9-17)5-3-7-13(14)15(18)19/h1-9H,(H,18,19). The van der Waals surface area contributed by atoms with Crippen LogP contribution in [0.2, 0.25) is 0 Å². The number of aldehydes is 2. The van der Waals surface area contributed by atoms with Gasteiger partial charge in [-0.15, -0.1) is 0 Å². The van der Waals surface area contributed by atoms with Gasteiger partial charge in [0.15, 0.2) is 12.6 Å². The third kappa shape index (κ3) is 2.28. The van der Waals surface area contributed by atoms with E-state index in [1.807, 2.05) is 0 Å². The molecule has 0 saturated carbocycles. The van der Waals surface area contributed by atoms with Gasteiger partial charge in [0.05, 0.1) is 5.56 Å². The summed E-state index contributed by atoms with van der Waals surface area (Å²) >= 11 is 0. The maximum absolute atomic E-state index is 11.3. The molecule has 4 heteroatoms. The van der Waals surface area contributed by atoms with Gasteiger partial charge in [-0.25, -0.2) is 4.79 Å². The summed E-state index contributed by atoms with van der Waals surface area (Å²) in [4.78, 5) is 33.4. The predicted molar refractivity (Wildman–Crippen MR) is 69.6 cm³/mol. The Bertz CT molecular complexity index is 659. The monoisotopic (exact) mass is 254 g/mol. The molecule has 0 unspecified atom stereocenters. The lowest BCUT2D eigenvalue weighted by Crippen LogP contribution is -2.03. The molecule has 19 heavy (non-hydrogen) atoms. The van der Waals surface area contributed by atoms with Crippen molar-refractivity contribution in [3.05, 3.63) is 59.2 Å². The van der Waals surface area contributed by atoms with Gasteiger partial charge in [-0.3, -0.25) is 9.59 Å². The summed E-state index contributed by atoms with van der Waals surface area (Å²) in [6, 6.07) is 11.0. The third-order valence-electron chi connectivity index (χ3n) is 2.81. The Morgan fingerprint density at radius 3 is 2.16 bits per heavy atom. The smallest absolute Gasteiger partial charge is 0.336 e. The van der Waals surface area contributed by atoms with Crippen molar-refractivity contribution >= 4 is 18.5 Å². The summed E-state index contributed by atoms with van der Waals surface area (Å²) in [5.41, 5.74) is 1.30. The van der Waals surface area contributed by atoms with Crippen molar-refractivity contribution in [2.24, 2.45) is 0 Å². The summed E-state index contributed by atoms with van der Waals surface area (Å²) < 4.78 is 0. The second-order valence-electron chi connectivity index (χ2n) is 3.90. The minimum Gasteiger partial charge on any atom is -0.478 e. The van der Waals surface area contributed by atoms with E-state index in [4.69, 9.17) is 0 Å². The first-order chi connectivity index (χ1) is 9.19. The Labute approximate surface area is 109 Å². The first-order valence-corrected chi connectivity index (χ1v) is 5.55. The zero-order valence-corrected chi connectivity index (χ0v) is 9.87. The molecule has 0 saturated heterocycles. The van der Waals surface area contributed by atoms with Crippen molar-refractivity contribution in [1.29, 1.82) is 0 Å². The maximum atomic E-state index is 11.3. The summed E-state index contributed by atoms with van der Waals surface area (Å²) in [5.74, 6) is -1.14. The Kier molecular flexibility index (Phi) is 3.52. The molecule has 2 rings (SSSR count). The van der Waals surface area contributed by atoms with Gasteiger partial charge in [0, 0.05) is 16.7 Å². The lowest BCUT2D eigenvalue weighted by molar-refractivity contribution is 0.0697. The summed E-state index contributed by atoms with van der Waals surface area (Å²) in [6.45, 7) is 0. The molecule has 1 N–H and O–H groups in total. The zero-order chi connectivity index (χ0) is 13.8. The molecule has 0 amide bonds. The third-order valence-corrected chi connectivity index (χ3v) is 2.81. The maximum Gasteiger partial charge on any atom is 0.336 e. The molecule has 0 atom stereocenters. The Hall–Kier alpha value is -2.75. The number of rotatable bonds is 4. The van der Waals surface area contributed by atoms with Gasteiger partial charge in [0.2, 0.25) is 0 Å². The number of hydrogen-bond donors (Lipinski definition) is 1. The van der Waals surface area contributed by atoms with E-state index in [1.54, 1.807) is 24.3 Å². The Morgan fingerprint density at radius 1 is 0.895 bits per heavy atom. The van der Waals surface area contributed by atoms with Gasteiger partial charge in [0.25, 0.3) is 0 Å². The van der Waals surface area contributed by atoms with Crippen LogP contribution in [-0.4, -0.2) is 23.6 Å². The minimum atomic E-state index is -1.14. The topological polar surface area (TPSA) is 71.4 Å². The van der Waals surface area contributed by atoms with Gasteiger partial charge < -0.3 is 5.11 Å². The van der Waals surface area contributed by atoms with Crippen LogP contribution in [0, 0.1) is 0 Å². The fourth-order valence-corrected chi connectivity index (χ4v) is 1.97. The van der Waals surface area contributed by atoms with Crippen molar-refractivity contribution in [1.82, 2.24) is 0 Å². The van der Waals surface area contributed by atoms with E-state index >= 15 is 0 Å². The van der Waals surface area contributed by atoms with Crippen LogP contribution in [0.5, 0.6) is 0 Å². The molecule has 0 heterocycles. The molecule has 2 aromatic rings. The summed E-state index contributed by atoms with van der Waals surface area (Å²) in [7, 11) is 0. The average Bonchev–Trinajstić information content (AvgIpc) is 2.46. The largest absolute Gasteiger partial charge is 0.478 e. The lowest BCUT2D eigenvalue weighted by Gasteiger charge is -2.11. The van der Waals surface area contributed by atoms with E-state index in [1.165, 1.54) is 18.2 Å². The molecule has 0 fully saturated rings. The molecule has 0 aliphatic carbocycles. The van der Waals surface area contributed by atoms with E-state index in [2.05, 4.69) is 0 Å². The van der Waals surface area contributed by atoms with Gasteiger partial charge in [-0.2, -0.15) is 0 Å². The molecule has 4 nitrogen and oxygen atoms in total. The molecule has 94 valence electrons. The number of aromatic carboxylic acids is 1. The molecule has 2 aromatic carbocycles. The van der Waals surface area contributed by atoms with Crippen LogP contribution in [0.4, 0.5) is 0 Å². The molecule has 0 aliphatic heterocycles. The van der Waals surface area contributed by atoms with Crippen molar-refractivity contribution in [2.45, 2.75) is 0 Å². The van der Waals surface area contributed by atoms with Crippen LogP contribution < -0.4 is 0 Å². The van der Waals surface area contributed by atoms with E-state index in [0.29, 0.717) is 23.7 Å². The van der Waals surface area contributed by atoms with Crippen LogP contribution >= 0.6 is 0 Å². The molecule has 0 spiro atoms. The van der Waals surface area contributed by atoms with Crippen molar-refractivity contribution in [3.8, 4) is 11.1 Å². The highest BCUT2D eigenvalue weighted by Crippen LogP contribution is 2.29. The first kappa shape index (κ1) is 12.7. The Morgan fingerprint density at radius 2 is 1.53 bits per heavy atom. The summed E-state index contributed by atoms with van der Waals surface area (Å²) in [5, 5.41) is 9.21. The van der Waals surface area contributed by atoms with Gasteiger partial charge >= 0.3 is 5.97 Å². The van der Waals surface area contributed by atoms with E-state index in [9.17, 15) is 19.5 Å². The molecular formula is C15H10O4. The molecule has 0 aromatic heterocycles. The van der Waals surface area contributed by atoms with Crippen LogP contribution in [0.1, 0.15) is 31.1 Å². The highest BCUT2D eigenvalue weighted by atomic mass is 16.4. The Balaban J connectivity index is 2.83. The van der Waals surface area contributed by atoms with E-state index in [0.717, 1.165) is 0 Å². The van der Waals surface area contributed by atoms with Crippen LogP contribution in [0.25, 0.3) is 11.1 Å². The molecule has 0 aliphatic rings. The minimum absolute atomic E-state index is 0.00102. The van der Waals surface area contributed by atoms with E-state index in [-0.39, 0.29) is 16.7 Å². The summed E-state index contributed by atoms with van der Waals surface area (Å²) in [6.07, 6.45) is 1.23. The van der Waals surface area contributed by atoms with Gasteiger partial charge in [-0.05, 0) is 11.6 Å². The van der Waals surface area contributed by atoms with Crippen molar-refractivity contribution in [3.63, 3.8) is 0 Å². The molecule has 0 radical (unpaired) electrons. The number of carboxylic acids is 1. The second kappa shape index (κ2) is 5.27. The quantitative estimate of drug-likeness (QED) is 0.851. The number of carboxylic acid groups (broad SMARTS) is 1. The van der Waals surface area contributed by atoms with Crippen molar-refractivity contribution < 1.29 is 19.5 Å². The predicted octanol–water partition coefficient (Wildman–Crippen LogP) is 2.68. The number of hydrogen-bond acceptors (Lipinski definition) is 3. The molecule has 0 bridgehead atoms.